The molecule has 0 heterocycles. The van der Waals surface area contributed by atoms with Crippen LogP contribution in [0.15, 0.2) is 72.8 Å². The molecule has 0 radical (unpaired) electrons. The second kappa shape index (κ2) is 8.11. The standard InChI is InChI=1S/C21H18O4/c22-20(24-15-16-7-2-1-3-8-16)13-14-21(23)25-19-12-6-10-17-9-4-5-11-18(17)19/h1-12H,13-15H2. The lowest BCUT2D eigenvalue weighted by Gasteiger charge is -2.08. The van der Waals surface area contributed by atoms with Gasteiger partial charge in [-0.05, 0) is 17.0 Å². The van der Waals surface area contributed by atoms with E-state index >= 15 is 0 Å². The number of hydrogen-bond acceptors (Lipinski definition) is 4. The minimum absolute atomic E-state index is 0.00354. The van der Waals surface area contributed by atoms with Crippen molar-refractivity contribution in [1.29, 1.82) is 0 Å². The average Bonchev–Trinajstić information content (AvgIpc) is 2.66. The van der Waals surface area contributed by atoms with Gasteiger partial charge in [0.25, 0.3) is 0 Å². The highest BCUT2D eigenvalue weighted by Gasteiger charge is 2.12. The zero-order valence-corrected chi connectivity index (χ0v) is 13.7. The van der Waals surface area contributed by atoms with Gasteiger partial charge in [-0.15, -0.1) is 0 Å². The second-order valence-electron chi connectivity index (χ2n) is 5.60. The molecule has 0 aliphatic carbocycles. The van der Waals surface area contributed by atoms with Gasteiger partial charge in [-0.1, -0.05) is 66.7 Å². The molecule has 0 unspecified atom stereocenters. The Bertz CT molecular complexity index is 866. The normalized spacial score (nSPS) is 10.4. The lowest BCUT2D eigenvalue weighted by molar-refractivity contribution is -0.148. The molecule has 3 aromatic carbocycles. The van der Waals surface area contributed by atoms with Crippen LogP contribution in [0.2, 0.25) is 0 Å². The molecule has 3 rings (SSSR count). The van der Waals surface area contributed by atoms with Gasteiger partial charge in [0.15, 0.2) is 0 Å². The maximum absolute atomic E-state index is 12.0. The molecule has 4 heteroatoms. The van der Waals surface area contributed by atoms with Crippen LogP contribution < -0.4 is 4.74 Å². The van der Waals surface area contributed by atoms with Gasteiger partial charge in [-0.2, -0.15) is 0 Å². The van der Waals surface area contributed by atoms with Crippen LogP contribution in [0, 0.1) is 0 Å². The Balaban J connectivity index is 1.50. The van der Waals surface area contributed by atoms with E-state index in [1.165, 1.54) is 0 Å². The Morgan fingerprint density at radius 3 is 2.24 bits per heavy atom. The third-order valence-electron chi connectivity index (χ3n) is 3.75. The number of rotatable bonds is 6. The summed E-state index contributed by atoms with van der Waals surface area (Å²) in [4.78, 5) is 23.8. The monoisotopic (exact) mass is 334 g/mol. The molecule has 0 saturated heterocycles. The van der Waals surface area contributed by atoms with Crippen molar-refractivity contribution >= 4 is 22.7 Å². The SMILES string of the molecule is O=C(CCC(=O)Oc1cccc2ccccc12)OCc1ccccc1. The predicted octanol–water partition coefficient (Wildman–Crippen LogP) is 4.27. The molecule has 0 N–H and O–H groups in total. The summed E-state index contributed by atoms with van der Waals surface area (Å²) < 4.78 is 10.5. The summed E-state index contributed by atoms with van der Waals surface area (Å²) in [5, 5.41) is 1.86. The van der Waals surface area contributed by atoms with Crippen molar-refractivity contribution in [1.82, 2.24) is 0 Å². The molecular formula is C21H18O4. The van der Waals surface area contributed by atoms with E-state index in [9.17, 15) is 9.59 Å². The van der Waals surface area contributed by atoms with E-state index in [4.69, 9.17) is 9.47 Å². The van der Waals surface area contributed by atoms with E-state index in [0.717, 1.165) is 16.3 Å². The number of esters is 2. The Labute approximate surface area is 146 Å². The third-order valence-corrected chi connectivity index (χ3v) is 3.75. The van der Waals surface area contributed by atoms with E-state index in [1.54, 1.807) is 6.07 Å². The topological polar surface area (TPSA) is 52.6 Å². The average molecular weight is 334 g/mol. The minimum Gasteiger partial charge on any atom is -0.461 e. The van der Waals surface area contributed by atoms with Crippen LogP contribution in [-0.4, -0.2) is 11.9 Å². The van der Waals surface area contributed by atoms with Crippen molar-refractivity contribution in [3.8, 4) is 5.75 Å². The van der Waals surface area contributed by atoms with Gasteiger partial charge in [0.2, 0.25) is 0 Å². The fraction of sp³-hybridized carbons (Fsp3) is 0.143. The van der Waals surface area contributed by atoms with E-state index in [0.29, 0.717) is 5.75 Å². The van der Waals surface area contributed by atoms with Crippen LogP contribution in [-0.2, 0) is 20.9 Å². The fourth-order valence-electron chi connectivity index (χ4n) is 2.47. The van der Waals surface area contributed by atoms with Crippen molar-refractivity contribution in [2.75, 3.05) is 0 Å². The molecule has 0 fully saturated rings. The van der Waals surface area contributed by atoms with Gasteiger partial charge in [0.05, 0.1) is 12.8 Å². The summed E-state index contributed by atoms with van der Waals surface area (Å²) in [6.07, 6.45) is -0.0206. The lowest BCUT2D eigenvalue weighted by Crippen LogP contribution is -2.12. The molecule has 25 heavy (non-hydrogen) atoms. The van der Waals surface area contributed by atoms with Gasteiger partial charge in [0, 0.05) is 5.39 Å². The maximum Gasteiger partial charge on any atom is 0.311 e. The van der Waals surface area contributed by atoms with E-state index in [1.807, 2.05) is 66.7 Å². The smallest absolute Gasteiger partial charge is 0.311 e. The molecule has 0 atom stereocenters. The van der Waals surface area contributed by atoms with Crippen LogP contribution in [0.3, 0.4) is 0 Å². The summed E-state index contributed by atoms with van der Waals surface area (Å²) in [5.41, 5.74) is 0.911. The summed E-state index contributed by atoms with van der Waals surface area (Å²) in [6.45, 7) is 0.206. The number of fused-ring (bicyclic) bond motifs is 1. The molecular weight excluding hydrogens is 316 g/mol. The number of ether oxygens (including phenoxy) is 2. The van der Waals surface area contributed by atoms with Gasteiger partial charge in [0.1, 0.15) is 12.4 Å². The van der Waals surface area contributed by atoms with Crippen LogP contribution in [0.5, 0.6) is 5.75 Å². The van der Waals surface area contributed by atoms with Gasteiger partial charge < -0.3 is 9.47 Å². The molecule has 0 aliphatic heterocycles. The van der Waals surface area contributed by atoms with Gasteiger partial charge in [-0.25, -0.2) is 0 Å². The van der Waals surface area contributed by atoms with Crippen LogP contribution >= 0.6 is 0 Å². The van der Waals surface area contributed by atoms with Gasteiger partial charge in [-0.3, -0.25) is 9.59 Å². The number of carbonyl (C=O) groups is 2. The molecule has 0 aliphatic rings. The zero-order chi connectivity index (χ0) is 17.5. The van der Waals surface area contributed by atoms with E-state index in [-0.39, 0.29) is 19.4 Å². The van der Waals surface area contributed by atoms with Crippen LogP contribution in [0.1, 0.15) is 18.4 Å². The Morgan fingerprint density at radius 2 is 1.40 bits per heavy atom. The molecule has 0 spiro atoms. The summed E-state index contributed by atoms with van der Waals surface area (Å²) in [5.74, 6) is -0.368. The fourth-order valence-corrected chi connectivity index (χ4v) is 2.47. The highest BCUT2D eigenvalue weighted by atomic mass is 16.5. The van der Waals surface area contributed by atoms with Crippen LogP contribution in [0.4, 0.5) is 0 Å². The van der Waals surface area contributed by atoms with Crippen molar-refractivity contribution in [3.63, 3.8) is 0 Å². The molecule has 0 amide bonds. The Morgan fingerprint density at radius 1 is 0.720 bits per heavy atom. The van der Waals surface area contributed by atoms with E-state index in [2.05, 4.69) is 0 Å². The first-order valence-electron chi connectivity index (χ1n) is 8.10. The van der Waals surface area contributed by atoms with Crippen LogP contribution in [0.25, 0.3) is 10.8 Å². The third kappa shape index (κ3) is 4.67. The number of benzene rings is 3. The van der Waals surface area contributed by atoms with Crippen molar-refractivity contribution < 1.29 is 19.1 Å². The summed E-state index contributed by atoms with van der Waals surface area (Å²) >= 11 is 0. The highest BCUT2D eigenvalue weighted by Crippen LogP contribution is 2.25. The Kier molecular flexibility index (Phi) is 5.42. The molecule has 126 valence electrons. The minimum atomic E-state index is -0.451. The zero-order valence-electron chi connectivity index (χ0n) is 13.7. The van der Waals surface area contributed by atoms with Crippen molar-refractivity contribution in [2.24, 2.45) is 0 Å². The largest absolute Gasteiger partial charge is 0.461 e. The molecule has 0 bridgehead atoms. The van der Waals surface area contributed by atoms with Crippen molar-refractivity contribution in [3.05, 3.63) is 78.4 Å². The molecule has 0 aromatic heterocycles. The quantitative estimate of drug-likeness (QED) is 0.499. The molecule has 0 saturated carbocycles. The maximum atomic E-state index is 12.0. The van der Waals surface area contributed by atoms with Gasteiger partial charge >= 0.3 is 11.9 Å². The first-order chi connectivity index (χ1) is 12.2. The predicted molar refractivity (Wildman–Crippen MR) is 95.1 cm³/mol. The van der Waals surface area contributed by atoms with E-state index < -0.39 is 11.9 Å². The first kappa shape index (κ1) is 16.7. The molecule has 4 nitrogen and oxygen atoms in total. The second-order valence-corrected chi connectivity index (χ2v) is 5.60. The lowest BCUT2D eigenvalue weighted by atomic mass is 10.1. The first-order valence-corrected chi connectivity index (χ1v) is 8.10. The Hall–Kier alpha value is -3.14. The summed E-state index contributed by atoms with van der Waals surface area (Å²) in [7, 11) is 0. The summed E-state index contributed by atoms with van der Waals surface area (Å²) in [6, 6.07) is 22.6. The number of carbonyl (C=O) groups excluding carboxylic acids is 2. The number of hydrogen-bond donors (Lipinski definition) is 0. The van der Waals surface area contributed by atoms with Crippen molar-refractivity contribution in [2.45, 2.75) is 19.4 Å². The highest BCUT2D eigenvalue weighted by molar-refractivity contribution is 5.90. The molecule has 3 aromatic rings.